The van der Waals surface area contributed by atoms with E-state index in [0.717, 1.165) is 76.2 Å². The summed E-state index contributed by atoms with van der Waals surface area (Å²) in [7, 11) is 4.44. The highest BCUT2D eigenvalue weighted by molar-refractivity contribution is 6.03. The molecule has 0 N–H and O–H groups in total. The second-order valence-corrected chi connectivity index (χ2v) is 13.0. The first-order valence-corrected chi connectivity index (χ1v) is 14.3. The van der Waals surface area contributed by atoms with Crippen LogP contribution in [0.5, 0.6) is 11.5 Å². The van der Waals surface area contributed by atoms with Gasteiger partial charge in [0.05, 0.1) is 0 Å². The Balaban J connectivity index is 1.31. The lowest BCUT2D eigenvalue weighted by Crippen LogP contribution is -2.62. The fourth-order valence-electron chi connectivity index (χ4n) is 8.15. The van der Waals surface area contributed by atoms with E-state index in [1.165, 1.54) is 19.3 Å². The van der Waals surface area contributed by atoms with Gasteiger partial charge in [0, 0.05) is 54.1 Å². The van der Waals surface area contributed by atoms with E-state index < -0.39 is 5.79 Å². The molecule has 0 saturated heterocycles. The minimum absolute atomic E-state index is 0.00418. The molecule has 0 spiro atoms. The van der Waals surface area contributed by atoms with Crippen LogP contribution in [0.4, 0.5) is 0 Å². The Morgan fingerprint density at radius 2 is 1.53 bits per heavy atom. The highest BCUT2D eigenvalue weighted by Crippen LogP contribution is 2.63. The van der Waals surface area contributed by atoms with Gasteiger partial charge in [0.1, 0.15) is 0 Å². The normalized spacial score (nSPS) is 32.3. The number of Topliss-reactive ketones (excluding diaryl/α,β-unsaturated/α-hetero) is 1. The third-order valence-electron chi connectivity index (χ3n) is 10.9. The number of nitrogens with zero attached hydrogens (tertiary/aromatic N) is 2. The van der Waals surface area contributed by atoms with E-state index in [9.17, 15) is 9.59 Å². The number of ether oxygens (including phenoxy) is 2. The SMILES string of the molecule is CC1=CC(C)=C(CN2CCc3c(C)c4c(c(C)c3C2=O)O[C@](C)(C23CCC(N(C)C)(CC2)CC3)O4)C(=O)C1. The molecule has 7 rings (SSSR count). The summed E-state index contributed by atoms with van der Waals surface area (Å²) < 4.78 is 13.7. The van der Waals surface area contributed by atoms with Gasteiger partial charge in [-0.3, -0.25) is 9.59 Å². The van der Waals surface area contributed by atoms with E-state index in [1.807, 2.05) is 25.7 Å². The monoisotopic (exact) mass is 518 g/mol. The number of allylic oxidation sites excluding steroid dienone is 3. The summed E-state index contributed by atoms with van der Waals surface area (Å²) >= 11 is 0. The van der Waals surface area contributed by atoms with Crippen LogP contribution in [0.2, 0.25) is 0 Å². The topological polar surface area (TPSA) is 59.1 Å². The second kappa shape index (κ2) is 8.45. The summed E-state index contributed by atoms with van der Waals surface area (Å²) in [5, 5.41) is 0. The third kappa shape index (κ3) is 3.48. The number of benzene rings is 1. The van der Waals surface area contributed by atoms with E-state index >= 15 is 0 Å². The summed E-state index contributed by atoms with van der Waals surface area (Å²) in [5.41, 5.74) is 6.83. The molecule has 1 amide bonds. The first kappa shape index (κ1) is 25.7. The Labute approximate surface area is 227 Å². The fraction of sp³-hybridized carbons (Fsp3) is 0.625. The molecule has 3 saturated carbocycles. The van der Waals surface area contributed by atoms with Crippen LogP contribution in [0.15, 0.2) is 22.8 Å². The van der Waals surface area contributed by atoms with Crippen molar-refractivity contribution in [3.8, 4) is 11.5 Å². The van der Waals surface area contributed by atoms with Gasteiger partial charge in [-0.1, -0.05) is 11.6 Å². The van der Waals surface area contributed by atoms with Crippen LogP contribution in [0.3, 0.4) is 0 Å². The Morgan fingerprint density at radius 3 is 2.11 bits per heavy atom. The molecule has 2 aliphatic heterocycles. The molecule has 1 aromatic rings. The van der Waals surface area contributed by atoms with Crippen molar-refractivity contribution in [2.45, 2.75) is 97.3 Å². The third-order valence-corrected chi connectivity index (χ3v) is 10.9. The lowest BCUT2D eigenvalue weighted by atomic mass is 9.54. The number of hydrogen-bond donors (Lipinski definition) is 0. The molecule has 38 heavy (non-hydrogen) atoms. The molecule has 0 radical (unpaired) electrons. The van der Waals surface area contributed by atoms with Gasteiger partial charge in [-0.15, -0.1) is 0 Å². The van der Waals surface area contributed by atoms with Crippen LogP contribution < -0.4 is 9.47 Å². The molecule has 1 aromatic carbocycles. The van der Waals surface area contributed by atoms with Gasteiger partial charge in [0.15, 0.2) is 17.3 Å². The van der Waals surface area contributed by atoms with Crippen molar-refractivity contribution >= 4 is 11.7 Å². The van der Waals surface area contributed by atoms with Gasteiger partial charge in [0.2, 0.25) is 0 Å². The van der Waals surface area contributed by atoms with Crippen molar-refractivity contribution in [1.29, 1.82) is 0 Å². The standard InChI is InChI=1S/C32H42N2O4/c1-19-16-20(2)24(25(35)17-19)18-34-15-8-23-21(3)27-28(22(4)26(23)29(34)36)38-30(5,37-27)31-9-12-32(13-10-31,14-11-31)33(6)7/h16H,8-15,17-18H2,1-7H3/t30-,31?,32?/m1/s1. The molecular formula is C32H42N2O4. The van der Waals surface area contributed by atoms with Crippen molar-refractivity contribution in [2.24, 2.45) is 5.41 Å². The molecule has 6 aliphatic rings. The van der Waals surface area contributed by atoms with E-state index in [-0.39, 0.29) is 17.1 Å². The summed E-state index contributed by atoms with van der Waals surface area (Å²) in [5.74, 6) is 0.974. The molecule has 204 valence electrons. The van der Waals surface area contributed by atoms with Crippen LogP contribution in [0, 0.1) is 19.3 Å². The van der Waals surface area contributed by atoms with Gasteiger partial charge in [0.25, 0.3) is 11.7 Å². The minimum Gasteiger partial charge on any atom is -0.448 e. The maximum atomic E-state index is 13.9. The Kier molecular flexibility index (Phi) is 5.71. The molecular weight excluding hydrogens is 476 g/mol. The Morgan fingerprint density at radius 1 is 0.921 bits per heavy atom. The largest absolute Gasteiger partial charge is 0.448 e. The average Bonchev–Trinajstić information content (AvgIpc) is 3.26. The molecule has 0 unspecified atom stereocenters. The molecule has 0 aromatic heterocycles. The zero-order valence-electron chi connectivity index (χ0n) is 24.2. The fourth-order valence-corrected chi connectivity index (χ4v) is 8.15. The molecule has 1 atom stereocenters. The molecule has 6 heteroatoms. The Hall–Kier alpha value is -2.60. The molecule has 2 bridgehead atoms. The summed E-state index contributed by atoms with van der Waals surface area (Å²) in [6.07, 6.45) is 10.1. The highest BCUT2D eigenvalue weighted by atomic mass is 16.7. The number of amides is 1. The quantitative estimate of drug-likeness (QED) is 0.513. The second-order valence-electron chi connectivity index (χ2n) is 13.0. The van der Waals surface area contributed by atoms with E-state index in [4.69, 9.17) is 9.47 Å². The predicted molar refractivity (Wildman–Crippen MR) is 148 cm³/mol. The minimum atomic E-state index is -0.725. The van der Waals surface area contributed by atoms with Gasteiger partial charge >= 0.3 is 0 Å². The van der Waals surface area contributed by atoms with Crippen LogP contribution in [0.25, 0.3) is 0 Å². The first-order valence-electron chi connectivity index (χ1n) is 14.3. The Bertz CT molecular complexity index is 1290. The maximum absolute atomic E-state index is 13.9. The molecule has 6 nitrogen and oxygen atoms in total. The summed E-state index contributed by atoms with van der Waals surface area (Å²) in [4.78, 5) is 31.0. The zero-order chi connectivity index (χ0) is 27.2. The van der Waals surface area contributed by atoms with Crippen molar-refractivity contribution in [3.63, 3.8) is 0 Å². The molecule has 4 aliphatic carbocycles. The number of ketones is 1. The predicted octanol–water partition coefficient (Wildman–Crippen LogP) is 5.68. The van der Waals surface area contributed by atoms with Gasteiger partial charge in [-0.05, 0) is 103 Å². The average molecular weight is 519 g/mol. The molecule has 3 fully saturated rings. The lowest BCUT2D eigenvalue weighted by Gasteiger charge is -2.59. The number of rotatable bonds is 4. The zero-order valence-corrected chi connectivity index (χ0v) is 24.2. The summed E-state index contributed by atoms with van der Waals surface area (Å²) in [6, 6.07) is 0. The van der Waals surface area contributed by atoms with Gasteiger partial charge in [-0.25, -0.2) is 0 Å². The van der Waals surface area contributed by atoms with Crippen LogP contribution in [-0.2, 0) is 11.2 Å². The smallest absolute Gasteiger partial charge is 0.254 e. The lowest BCUT2D eigenvalue weighted by molar-refractivity contribution is -0.212. The van der Waals surface area contributed by atoms with Gasteiger partial charge < -0.3 is 19.3 Å². The number of carbonyl (C=O) groups excluding carboxylic acids is 2. The van der Waals surface area contributed by atoms with Crippen LogP contribution in [0.1, 0.15) is 92.8 Å². The van der Waals surface area contributed by atoms with Crippen molar-refractivity contribution in [1.82, 2.24) is 9.80 Å². The van der Waals surface area contributed by atoms with Gasteiger partial charge in [-0.2, -0.15) is 0 Å². The van der Waals surface area contributed by atoms with E-state index in [1.54, 1.807) is 0 Å². The van der Waals surface area contributed by atoms with Crippen molar-refractivity contribution in [3.05, 3.63) is 45.0 Å². The van der Waals surface area contributed by atoms with E-state index in [2.05, 4.69) is 38.9 Å². The maximum Gasteiger partial charge on any atom is 0.254 e. The highest BCUT2D eigenvalue weighted by Gasteiger charge is 2.62. The van der Waals surface area contributed by atoms with Crippen molar-refractivity contribution < 1.29 is 19.1 Å². The van der Waals surface area contributed by atoms with Crippen LogP contribution >= 0.6 is 0 Å². The van der Waals surface area contributed by atoms with E-state index in [0.29, 0.717) is 25.0 Å². The first-order chi connectivity index (χ1) is 17.9. The van der Waals surface area contributed by atoms with Crippen LogP contribution in [-0.4, -0.2) is 60.0 Å². The number of carbonyl (C=O) groups is 2. The summed E-state index contributed by atoms with van der Waals surface area (Å²) in [6.45, 7) is 11.2. The number of hydrogen-bond acceptors (Lipinski definition) is 5. The number of fused-ring (bicyclic) bond motifs is 5. The van der Waals surface area contributed by atoms with Crippen molar-refractivity contribution in [2.75, 3.05) is 27.2 Å². The molecule has 2 heterocycles.